The summed E-state index contributed by atoms with van der Waals surface area (Å²) in [6.07, 6.45) is 8.46. The Hall–Kier alpha value is -0.570. The molecule has 2 N–H and O–H groups in total. The van der Waals surface area contributed by atoms with Gasteiger partial charge in [0.1, 0.15) is 0 Å². The Morgan fingerprint density at radius 1 is 1.12 bits per heavy atom. The fourth-order valence-electron chi connectivity index (χ4n) is 3.83. The second-order valence-corrected chi connectivity index (χ2v) is 6.36. The van der Waals surface area contributed by atoms with Gasteiger partial charge in [-0.25, -0.2) is 0 Å². The minimum absolute atomic E-state index is 0.258. The summed E-state index contributed by atoms with van der Waals surface area (Å²) in [6, 6.07) is 1.56. The van der Waals surface area contributed by atoms with Crippen LogP contribution in [0.25, 0.3) is 0 Å². The van der Waals surface area contributed by atoms with Crippen LogP contribution >= 0.6 is 0 Å². The first-order valence-corrected chi connectivity index (χ1v) is 7.29. The number of hydrogen-bond donors (Lipinski definition) is 2. The summed E-state index contributed by atoms with van der Waals surface area (Å²) in [5.74, 6) is 1.43. The Morgan fingerprint density at radius 3 is 2.47 bits per heavy atom. The van der Waals surface area contributed by atoms with Crippen molar-refractivity contribution in [3.05, 3.63) is 0 Å². The number of rotatable bonds is 2. The highest BCUT2D eigenvalue weighted by atomic mass is 16.2. The van der Waals surface area contributed by atoms with Gasteiger partial charge in [-0.2, -0.15) is 0 Å². The highest BCUT2D eigenvalue weighted by molar-refractivity contribution is 5.80. The Kier molecular flexibility index (Phi) is 3.12. The van der Waals surface area contributed by atoms with Crippen molar-refractivity contribution < 1.29 is 4.79 Å². The van der Waals surface area contributed by atoms with E-state index in [1.807, 2.05) is 0 Å². The van der Waals surface area contributed by atoms with Gasteiger partial charge < -0.3 is 10.6 Å². The molecule has 1 aliphatic carbocycles. The van der Waals surface area contributed by atoms with Crippen LogP contribution < -0.4 is 10.6 Å². The highest BCUT2D eigenvalue weighted by Gasteiger charge is 2.43. The Morgan fingerprint density at radius 2 is 1.88 bits per heavy atom. The van der Waals surface area contributed by atoms with E-state index in [9.17, 15) is 4.79 Å². The SMILES string of the molecule is CC1CCC(NC(=O)C2CC3CCC2N3)CC1. The standard InChI is InChI=1S/C14H24N2O/c1-9-2-4-10(5-3-9)16-14(17)12-8-11-6-7-13(12)15-11/h9-13,15H,2-8H2,1H3,(H,16,17). The molecule has 0 spiro atoms. The fourth-order valence-corrected chi connectivity index (χ4v) is 3.83. The number of nitrogens with one attached hydrogen (secondary N) is 2. The minimum Gasteiger partial charge on any atom is -0.353 e. The van der Waals surface area contributed by atoms with E-state index >= 15 is 0 Å². The molecule has 2 heterocycles. The number of fused-ring (bicyclic) bond motifs is 2. The van der Waals surface area contributed by atoms with E-state index in [0.717, 1.165) is 12.3 Å². The second-order valence-electron chi connectivity index (χ2n) is 6.36. The predicted molar refractivity (Wildman–Crippen MR) is 67.6 cm³/mol. The van der Waals surface area contributed by atoms with Crippen LogP contribution in [-0.2, 0) is 4.79 Å². The fraction of sp³-hybridized carbons (Fsp3) is 0.929. The molecule has 1 saturated carbocycles. The molecule has 17 heavy (non-hydrogen) atoms. The Balaban J connectivity index is 1.50. The molecule has 3 rings (SSSR count). The molecule has 3 aliphatic rings. The van der Waals surface area contributed by atoms with Gasteiger partial charge in [0.05, 0.1) is 5.92 Å². The van der Waals surface area contributed by atoms with Gasteiger partial charge in [-0.05, 0) is 50.9 Å². The van der Waals surface area contributed by atoms with Gasteiger partial charge >= 0.3 is 0 Å². The van der Waals surface area contributed by atoms with Crippen molar-refractivity contribution in [2.75, 3.05) is 0 Å². The monoisotopic (exact) mass is 236 g/mol. The molecule has 0 radical (unpaired) electrons. The second kappa shape index (κ2) is 4.60. The normalized spacial score (nSPS) is 44.9. The molecule has 0 aromatic carbocycles. The van der Waals surface area contributed by atoms with Crippen molar-refractivity contribution in [1.82, 2.24) is 10.6 Å². The molecular formula is C14H24N2O. The van der Waals surface area contributed by atoms with E-state index in [-0.39, 0.29) is 5.92 Å². The molecule has 2 bridgehead atoms. The largest absolute Gasteiger partial charge is 0.353 e. The van der Waals surface area contributed by atoms with E-state index in [1.165, 1.54) is 38.5 Å². The number of amides is 1. The number of carbonyl (C=O) groups excluding carboxylic acids is 1. The van der Waals surface area contributed by atoms with Crippen molar-refractivity contribution in [1.29, 1.82) is 0 Å². The molecule has 3 fully saturated rings. The topological polar surface area (TPSA) is 41.1 Å². The maximum Gasteiger partial charge on any atom is 0.224 e. The summed E-state index contributed by atoms with van der Waals surface area (Å²) in [5.41, 5.74) is 0. The lowest BCUT2D eigenvalue weighted by Crippen LogP contribution is -2.43. The van der Waals surface area contributed by atoms with Crippen molar-refractivity contribution in [3.8, 4) is 0 Å². The van der Waals surface area contributed by atoms with Crippen LogP contribution in [0.4, 0.5) is 0 Å². The van der Waals surface area contributed by atoms with E-state index in [4.69, 9.17) is 0 Å². The highest BCUT2D eigenvalue weighted by Crippen LogP contribution is 2.33. The van der Waals surface area contributed by atoms with Gasteiger partial charge in [-0.15, -0.1) is 0 Å². The lowest BCUT2D eigenvalue weighted by atomic mass is 9.85. The molecule has 2 saturated heterocycles. The molecule has 2 aliphatic heterocycles. The van der Waals surface area contributed by atoms with Crippen molar-refractivity contribution in [2.45, 2.75) is 70.0 Å². The zero-order valence-electron chi connectivity index (χ0n) is 10.7. The lowest BCUT2D eigenvalue weighted by molar-refractivity contribution is -0.126. The summed E-state index contributed by atoms with van der Waals surface area (Å²) in [7, 11) is 0. The number of carbonyl (C=O) groups is 1. The molecule has 3 unspecified atom stereocenters. The minimum atomic E-state index is 0.258. The molecular weight excluding hydrogens is 212 g/mol. The maximum atomic E-state index is 12.2. The molecule has 3 heteroatoms. The summed E-state index contributed by atoms with van der Waals surface area (Å²) in [5, 5.41) is 6.83. The average molecular weight is 236 g/mol. The first kappa shape index (κ1) is 11.5. The Labute approximate surface area is 104 Å². The van der Waals surface area contributed by atoms with Crippen molar-refractivity contribution >= 4 is 5.91 Å². The van der Waals surface area contributed by atoms with Gasteiger partial charge in [0.15, 0.2) is 0 Å². The van der Waals surface area contributed by atoms with E-state index in [0.29, 0.717) is 24.0 Å². The van der Waals surface area contributed by atoms with E-state index in [2.05, 4.69) is 17.6 Å². The van der Waals surface area contributed by atoms with Crippen LogP contribution in [0.3, 0.4) is 0 Å². The van der Waals surface area contributed by atoms with Crippen molar-refractivity contribution in [3.63, 3.8) is 0 Å². The third-order valence-electron chi connectivity index (χ3n) is 5.00. The van der Waals surface area contributed by atoms with E-state index < -0.39 is 0 Å². The van der Waals surface area contributed by atoms with Crippen LogP contribution in [0.15, 0.2) is 0 Å². The molecule has 96 valence electrons. The summed E-state index contributed by atoms with van der Waals surface area (Å²) < 4.78 is 0. The first-order chi connectivity index (χ1) is 8.22. The zero-order valence-corrected chi connectivity index (χ0v) is 10.7. The van der Waals surface area contributed by atoms with Gasteiger partial charge in [0.2, 0.25) is 5.91 Å². The third-order valence-corrected chi connectivity index (χ3v) is 5.00. The van der Waals surface area contributed by atoms with Crippen LogP contribution in [-0.4, -0.2) is 24.0 Å². The van der Waals surface area contributed by atoms with Crippen LogP contribution in [0.5, 0.6) is 0 Å². The van der Waals surface area contributed by atoms with Gasteiger partial charge in [0, 0.05) is 18.1 Å². The molecule has 0 aromatic rings. The van der Waals surface area contributed by atoms with Gasteiger partial charge in [-0.3, -0.25) is 4.79 Å². The smallest absolute Gasteiger partial charge is 0.224 e. The molecule has 1 amide bonds. The summed E-state index contributed by atoms with van der Waals surface area (Å²) in [6.45, 7) is 2.32. The van der Waals surface area contributed by atoms with Gasteiger partial charge in [0.25, 0.3) is 0 Å². The Bertz CT molecular complexity index is 297. The quantitative estimate of drug-likeness (QED) is 0.768. The van der Waals surface area contributed by atoms with Crippen LogP contribution in [0, 0.1) is 11.8 Å². The third kappa shape index (κ3) is 2.35. The zero-order chi connectivity index (χ0) is 11.8. The van der Waals surface area contributed by atoms with Crippen LogP contribution in [0.2, 0.25) is 0 Å². The average Bonchev–Trinajstić information content (AvgIpc) is 2.94. The maximum absolute atomic E-state index is 12.2. The van der Waals surface area contributed by atoms with Crippen LogP contribution in [0.1, 0.15) is 51.9 Å². The van der Waals surface area contributed by atoms with Crippen molar-refractivity contribution in [2.24, 2.45) is 11.8 Å². The summed E-state index contributed by atoms with van der Waals surface area (Å²) >= 11 is 0. The summed E-state index contributed by atoms with van der Waals surface area (Å²) in [4.78, 5) is 12.2. The molecule has 0 aromatic heterocycles. The molecule has 3 nitrogen and oxygen atoms in total. The lowest BCUT2D eigenvalue weighted by Gasteiger charge is -2.29. The number of hydrogen-bond acceptors (Lipinski definition) is 2. The van der Waals surface area contributed by atoms with E-state index in [1.54, 1.807) is 0 Å². The first-order valence-electron chi connectivity index (χ1n) is 7.29. The van der Waals surface area contributed by atoms with Gasteiger partial charge in [-0.1, -0.05) is 6.92 Å². The molecule has 3 atom stereocenters. The predicted octanol–water partition coefficient (Wildman–Crippen LogP) is 1.82.